The van der Waals surface area contributed by atoms with Crippen LogP contribution < -0.4 is 0 Å². The fraction of sp³-hybridized carbons (Fsp3) is 0.636. The smallest absolute Gasteiger partial charge is 0.00388 e. The molecule has 2 fully saturated rings. The van der Waals surface area contributed by atoms with Crippen LogP contribution in [0.3, 0.4) is 0 Å². The first-order chi connectivity index (χ1) is 10.6. The van der Waals surface area contributed by atoms with E-state index in [1.807, 2.05) is 0 Å². The molecule has 5 atom stereocenters. The zero-order valence-electron chi connectivity index (χ0n) is 14.3. The van der Waals surface area contributed by atoms with Crippen molar-refractivity contribution in [2.24, 2.45) is 23.2 Å². The van der Waals surface area contributed by atoms with Gasteiger partial charge < -0.3 is 0 Å². The Kier molecular flexibility index (Phi) is 3.29. The summed E-state index contributed by atoms with van der Waals surface area (Å²) < 4.78 is 0. The molecule has 0 aromatic heterocycles. The van der Waals surface area contributed by atoms with E-state index in [0.717, 1.165) is 17.8 Å². The van der Waals surface area contributed by atoms with E-state index in [2.05, 4.69) is 50.8 Å². The molecule has 0 heterocycles. The summed E-state index contributed by atoms with van der Waals surface area (Å²) in [6, 6.07) is 9.29. The lowest BCUT2D eigenvalue weighted by atomic mass is 9.43. The lowest BCUT2D eigenvalue weighted by Gasteiger charge is -2.62. The monoisotopic (exact) mass is 294 g/mol. The number of fused-ring (bicyclic) bond motifs is 5. The predicted octanol–water partition coefficient (Wildman–Crippen LogP) is 5.91. The molecule has 1 aromatic rings. The predicted molar refractivity (Wildman–Crippen MR) is 94.0 cm³/mol. The molecule has 3 aliphatic carbocycles. The first-order valence-corrected chi connectivity index (χ1v) is 9.30. The van der Waals surface area contributed by atoms with Crippen molar-refractivity contribution in [3.63, 3.8) is 0 Å². The topological polar surface area (TPSA) is 0 Å². The summed E-state index contributed by atoms with van der Waals surface area (Å²) in [6.07, 6.45) is 11.9. The van der Waals surface area contributed by atoms with E-state index < -0.39 is 0 Å². The van der Waals surface area contributed by atoms with E-state index in [1.54, 1.807) is 11.1 Å². The maximum absolute atomic E-state index is 4.16. The number of benzene rings is 1. The lowest BCUT2D eigenvalue weighted by Crippen LogP contribution is -2.55. The number of hydrogen-bond donors (Lipinski definition) is 0. The molecule has 118 valence electrons. The molecule has 3 aliphatic rings. The van der Waals surface area contributed by atoms with Crippen LogP contribution in [0.5, 0.6) is 0 Å². The standard InChI is InChI=1S/C22H30/c1-4-16-9-7-14-21(2)19(16)13-15-22(3)18-10-6-5-8-17(18)11-12-20(21)22/h4-6,8,10,16,19-20H,1,7,9,11-15H2,2-3H3/t16-,19+,20-,21+,22+/m1/s1. The zero-order valence-corrected chi connectivity index (χ0v) is 14.3. The SMILES string of the molecule is C=C[C@@H]1CCC[C@]2(C)[C@H]3CCc4ccccc4[C@]3(C)CC[C@@H]12. The van der Waals surface area contributed by atoms with Gasteiger partial charge in [0.05, 0.1) is 0 Å². The van der Waals surface area contributed by atoms with Gasteiger partial charge in [0.2, 0.25) is 0 Å². The van der Waals surface area contributed by atoms with Crippen LogP contribution in [0.25, 0.3) is 0 Å². The third-order valence-corrected chi connectivity index (χ3v) is 7.79. The highest BCUT2D eigenvalue weighted by atomic mass is 14.6. The Bertz CT molecular complexity index is 585. The molecular formula is C22H30. The number of hydrogen-bond acceptors (Lipinski definition) is 0. The lowest BCUT2D eigenvalue weighted by molar-refractivity contribution is -0.0717. The van der Waals surface area contributed by atoms with Crippen molar-refractivity contribution < 1.29 is 0 Å². The molecule has 1 aromatic carbocycles. The molecule has 0 nitrogen and oxygen atoms in total. The zero-order chi connectivity index (χ0) is 15.4. The van der Waals surface area contributed by atoms with Crippen molar-refractivity contribution in [2.75, 3.05) is 0 Å². The molecule has 0 bridgehead atoms. The second kappa shape index (κ2) is 4.98. The molecule has 0 radical (unpaired) electrons. The summed E-state index contributed by atoms with van der Waals surface area (Å²) in [5.41, 5.74) is 4.23. The summed E-state index contributed by atoms with van der Waals surface area (Å²) in [5, 5.41) is 0. The number of aryl methyl sites for hydroxylation is 1. The molecular weight excluding hydrogens is 264 g/mol. The van der Waals surface area contributed by atoms with E-state index in [0.29, 0.717) is 10.8 Å². The van der Waals surface area contributed by atoms with Crippen molar-refractivity contribution in [3.8, 4) is 0 Å². The summed E-state index contributed by atoms with van der Waals surface area (Å²) in [7, 11) is 0. The van der Waals surface area contributed by atoms with Crippen LogP contribution in [0.1, 0.15) is 63.5 Å². The van der Waals surface area contributed by atoms with Gasteiger partial charge in [0, 0.05) is 0 Å². The first-order valence-electron chi connectivity index (χ1n) is 9.30. The Morgan fingerprint density at radius 3 is 2.73 bits per heavy atom. The van der Waals surface area contributed by atoms with E-state index in [1.165, 1.54) is 44.9 Å². The highest BCUT2D eigenvalue weighted by Gasteiger charge is 2.57. The molecule has 2 saturated carbocycles. The maximum Gasteiger partial charge on any atom is -0.00388 e. The number of rotatable bonds is 1. The van der Waals surface area contributed by atoms with E-state index in [9.17, 15) is 0 Å². The molecule has 0 N–H and O–H groups in total. The van der Waals surface area contributed by atoms with Gasteiger partial charge >= 0.3 is 0 Å². The second-order valence-electron chi connectivity index (χ2n) is 8.61. The Hall–Kier alpha value is -1.04. The van der Waals surface area contributed by atoms with Gasteiger partial charge in [0.1, 0.15) is 0 Å². The van der Waals surface area contributed by atoms with Crippen LogP contribution in [0.2, 0.25) is 0 Å². The minimum absolute atomic E-state index is 0.406. The largest absolute Gasteiger partial charge is 0.103 e. The van der Waals surface area contributed by atoms with Crippen molar-refractivity contribution in [1.29, 1.82) is 0 Å². The molecule has 22 heavy (non-hydrogen) atoms. The van der Waals surface area contributed by atoms with Crippen LogP contribution in [0.4, 0.5) is 0 Å². The quantitative estimate of drug-likeness (QED) is 0.565. The van der Waals surface area contributed by atoms with Crippen LogP contribution >= 0.6 is 0 Å². The maximum atomic E-state index is 4.16. The molecule has 0 saturated heterocycles. The molecule has 0 heteroatoms. The summed E-state index contributed by atoms with van der Waals surface area (Å²) in [6.45, 7) is 9.37. The molecule has 0 aliphatic heterocycles. The minimum atomic E-state index is 0.406. The van der Waals surface area contributed by atoms with Gasteiger partial charge in [0.25, 0.3) is 0 Å². The van der Waals surface area contributed by atoms with Crippen LogP contribution in [0.15, 0.2) is 36.9 Å². The van der Waals surface area contributed by atoms with Gasteiger partial charge in [-0.2, -0.15) is 0 Å². The van der Waals surface area contributed by atoms with Crippen molar-refractivity contribution >= 4 is 0 Å². The minimum Gasteiger partial charge on any atom is -0.103 e. The average molecular weight is 294 g/mol. The van der Waals surface area contributed by atoms with Crippen LogP contribution in [-0.4, -0.2) is 0 Å². The normalized spacial score (nSPS) is 43.6. The van der Waals surface area contributed by atoms with Gasteiger partial charge in [-0.25, -0.2) is 0 Å². The van der Waals surface area contributed by atoms with E-state index >= 15 is 0 Å². The van der Waals surface area contributed by atoms with Gasteiger partial charge in [-0.15, -0.1) is 6.58 Å². The van der Waals surface area contributed by atoms with Crippen LogP contribution in [-0.2, 0) is 11.8 Å². The van der Waals surface area contributed by atoms with Gasteiger partial charge in [-0.05, 0) is 78.2 Å². The fourth-order valence-electron chi connectivity index (χ4n) is 6.78. The van der Waals surface area contributed by atoms with Gasteiger partial charge in [-0.3, -0.25) is 0 Å². The molecule has 0 spiro atoms. The second-order valence-corrected chi connectivity index (χ2v) is 8.61. The first kappa shape index (κ1) is 14.5. The van der Waals surface area contributed by atoms with Crippen LogP contribution in [0, 0.1) is 23.2 Å². The third kappa shape index (κ3) is 1.82. The molecule has 4 rings (SSSR count). The van der Waals surface area contributed by atoms with Crippen molar-refractivity contribution in [3.05, 3.63) is 48.0 Å². The Morgan fingerprint density at radius 1 is 1.09 bits per heavy atom. The molecule has 0 amide bonds. The fourth-order valence-corrected chi connectivity index (χ4v) is 6.78. The van der Waals surface area contributed by atoms with Crippen molar-refractivity contribution in [1.82, 2.24) is 0 Å². The van der Waals surface area contributed by atoms with E-state index in [4.69, 9.17) is 0 Å². The molecule has 0 unspecified atom stereocenters. The van der Waals surface area contributed by atoms with Gasteiger partial charge in [-0.1, -0.05) is 50.6 Å². The van der Waals surface area contributed by atoms with Crippen molar-refractivity contribution in [2.45, 2.75) is 64.2 Å². The Labute approximate surface area is 136 Å². The average Bonchev–Trinajstić information content (AvgIpc) is 2.53. The highest BCUT2D eigenvalue weighted by Crippen LogP contribution is 2.64. The Balaban J connectivity index is 1.79. The third-order valence-electron chi connectivity index (χ3n) is 7.79. The summed E-state index contributed by atoms with van der Waals surface area (Å²) in [4.78, 5) is 0. The summed E-state index contributed by atoms with van der Waals surface area (Å²) in [5.74, 6) is 2.50. The van der Waals surface area contributed by atoms with E-state index in [-0.39, 0.29) is 0 Å². The van der Waals surface area contributed by atoms with Gasteiger partial charge in [0.15, 0.2) is 0 Å². The number of allylic oxidation sites excluding steroid dienone is 1. The summed E-state index contributed by atoms with van der Waals surface area (Å²) >= 11 is 0. The highest BCUT2D eigenvalue weighted by molar-refractivity contribution is 5.39. The Morgan fingerprint density at radius 2 is 1.91 bits per heavy atom.